The lowest BCUT2D eigenvalue weighted by molar-refractivity contribution is -0.306. The molecule has 0 radical (unpaired) electrons. The zero-order valence-electron chi connectivity index (χ0n) is 11.8. The Labute approximate surface area is 102 Å². The van der Waals surface area contributed by atoms with Crippen molar-refractivity contribution in [3.63, 3.8) is 0 Å². The van der Waals surface area contributed by atoms with E-state index in [-0.39, 0.29) is 0 Å². The van der Waals surface area contributed by atoms with E-state index in [1.807, 2.05) is 13.8 Å². The number of hydrogen-bond donors (Lipinski definition) is 0. The normalized spacial score (nSPS) is 47.2. The van der Waals surface area contributed by atoms with Crippen LogP contribution < -0.4 is 0 Å². The van der Waals surface area contributed by atoms with E-state index in [1.165, 1.54) is 31.1 Å². The number of rotatable bonds is 4. The Morgan fingerprint density at radius 1 is 1.19 bits per heavy atom. The summed E-state index contributed by atoms with van der Waals surface area (Å²) in [5, 5.41) is 0. The molecular formula is C16H30. The van der Waals surface area contributed by atoms with Crippen LogP contribution in [0.5, 0.6) is 0 Å². The van der Waals surface area contributed by atoms with Crippen molar-refractivity contribution in [2.45, 2.75) is 72.6 Å². The third-order valence-electron chi connectivity index (χ3n) is 5.98. The fourth-order valence-corrected chi connectivity index (χ4v) is 5.25. The Balaban J connectivity index is 0.000000457. The SMILES string of the molecule is CC.CCCCC1C(CC)C2CC3CCC312. The summed E-state index contributed by atoms with van der Waals surface area (Å²) in [5.41, 5.74) is 0.940. The Morgan fingerprint density at radius 2 is 1.94 bits per heavy atom. The van der Waals surface area contributed by atoms with Gasteiger partial charge in [-0.25, -0.2) is 0 Å². The van der Waals surface area contributed by atoms with Gasteiger partial charge < -0.3 is 0 Å². The van der Waals surface area contributed by atoms with Crippen LogP contribution in [0.15, 0.2) is 0 Å². The second-order valence-electron chi connectivity index (χ2n) is 6.01. The minimum atomic E-state index is 0.940. The van der Waals surface area contributed by atoms with Crippen LogP contribution in [0.3, 0.4) is 0 Å². The van der Waals surface area contributed by atoms with Crippen LogP contribution in [0.1, 0.15) is 72.6 Å². The first kappa shape index (κ1) is 12.5. The lowest BCUT2D eigenvalue weighted by atomic mass is 9.26. The second kappa shape index (κ2) is 4.70. The highest BCUT2D eigenvalue weighted by atomic mass is 14.8. The van der Waals surface area contributed by atoms with E-state index >= 15 is 0 Å². The van der Waals surface area contributed by atoms with E-state index < -0.39 is 0 Å². The fraction of sp³-hybridized carbons (Fsp3) is 1.00. The van der Waals surface area contributed by atoms with Gasteiger partial charge in [-0.05, 0) is 54.8 Å². The van der Waals surface area contributed by atoms with Gasteiger partial charge in [0.25, 0.3) is 0 Å². The smallest absolute Gasteiger partial charge is 0.0207 e. The van der Waals surface area contributed by atoms with E-state index in [0.717, 1.165) is 17.3 Å². The van der Waals surface area contributed by atoms with Gasteiger partial charge >= 0.3 is 0 Å². The molecule has 3 aliphatic carbocycles. The van der Waals surface area contributed by atoms with Gasteiger partial charge in [0.1, 0.15) is 0 Å². The molecule has 94 valence electrons. The Bertz CT molecular complexity index is 232. The van der Waals surface area contributed by atoms with Crippen molar-refractivity contribution >= 4 is 0 Å². The maximum absolute atomic E-state index is 2.42. The molecule has 0 aromatic rings. The predicted molar refractivity (Wildman–Crippen MR) is 71.4 cm³/mol. The van der Waals surface area contributed by atoms with Crippen molar-refractivity contribution in [1.82, 2.24) is 0 Å². The van der Waals surface area contributed by atoms with Crippen molar-refractivity contribution in [3.8, 4) is 0 Å². The Kier molecular flexibility index (Phi) is 3.66. The molecule has 3 fully saturated rings. The van der Waals surface area contributed by atoms with E-state index in [4.69, 9.17) is 0 Å². The van der Waals surface area contributed by atoms with Crippen LogP contribution in [0.4, 0.5) is 0 Å². The van der Waals surface area contributed by atoms with E-state index in [1.54, 1.807) is 25.7 Å². The first-order valence-corrected chi connectivity index (χ1v) is 7.84. The highest BCUT2D eigenvalue weighted by molar-refractivity contribution is 5.21. The van der Waals surface area contributed by atoms with E-state index in [2.05, 4.69) is 13.8 Å². The minimum Gasteiger partial charge on any atom is -0.0683 e. The van der Waals surface area contributed by atoms with Gasteiger partial charge in [-0.2, -0.15) is 0 Å². The van der Waals surface area contributed by atoms with Crippen molar-refractivity contribution in [2.75, 3.05) is 0 Å². The maximum atomic E-state index is 2.42. The molecule has 1 spiro atoms. The Morgan fingerprint density at radius 3 is 2.38 bits per heavy atom. The molecule has 16 heavy (non-hydrogen) atoms. The number of hydrogen-bond acceptors (Lipinski definition) is 0. The summed E-state index contributed by atoms with van der Waals surface area (Å²) in [4.78, 5) is 0. The van der Waals surface area contributed by atoms with Gasteiger partial charge in [0.15, 0.2) is 0 Å². The second-order valence-corrected chi connectivity index (χ2v) is 6.01. The van der Waals surface area contributed by atoms with Gasteiger partial charge in [-0.1, -0.05) is 47.0 Å². The summed E-state index contributed by atoms with van der Waals surface area (Å²) in [7, 11) is 0. The summed E-state index contributed by atoms with van der Waals surface area (Å²) in [5.74, 6) is 4.67. The molecule has 0 N–H and O–H groups in total. The average molecular weight is 222 g/mol. The molecule has 0 heterocycles. The van der Waals surface area contributed by atoms with E-state index in [0.29, 0.717) is 0 Å². The van der Waals surface area contributed by atoms with Crippen LogP contribution in [0.2, 0.25) is 0 Å². The van der Waals surface area contributed by atoms with Crippen LogP contribution in [-0.2, 0) is 0 Å². The quantitative estimate of drug-likeness (QED) is 0.607. The summed E-state index contributed by atoms with van der Waals surface area (Å²) >= 11 is 0. The lowest BCUT2D eigenvalue weighted by Crippen LogP contribution is -2.72. The minimum absolute atomic E-state index is 0.940. The Hall–Kier alpha value is 0. The third kappa shape index (κ3) is 1.34. The van der Waals surface area contributed by atoms with Gasteiger partial charge in [0.2, 0.25) is 0 Å². The average Bonchev–Trinajstić information content (AvgIpc) is 2.29. The first-order valence-electron chi connectivity index (χ1n) is 7.84. The number of unbranched alkanes of at least 4 members (excludes halogenated alkanes) is 1. The summed E-state index contributed by atoms with van der Waals surface area (Å²) in [6, 6.07) is 0. The van der Waals surface area contributed by atoms with Gasteiger partial charge in [0.05, 0.1) is 0 Å². The van der Waals surface area contributed by atoms with Gasteiger partial charge in [-0.15, -0.1) is 0 Å². The van der Waals surface area contributed by atoms with Crippen LogP contribution in [-0.4, -0.2) is 0 Å². The first-order chi connectivity index (χ1) is 7.84. The topological polar surface area (TPSA) is 0 Å². The van der Waals surface area contributed by atoms with Crippen LogP contribution >= 0.6 is 0 Å². The molecule has 5 atom stereocenters. The fourth-order valence-electron chi connectivity index (χ4n) is 5.25. The molecule has 0 saturated heterocycles. The summed E-state index contributed by atoms with van der Waals surface area (Å²) in [6.45, 7) is 8.76. The monoisotopic (exact) mass is 222 g/mol. The molecule has 0 amide bonds. The van der Waals surface area contributed by atoms with Crippen molar-refractivity contribution < 1.29 is 0 Å². The van der Waals surface area contributed by atoms with Crippen molar-refractivity contribution in [1.29, 1.82) is 0 Å². The highest BCUT2D eigenvalue weighted by Crippen LogP contribution is 2.80. The largest absolute Gasteiger partial charge is 0.0683 e. The van der Waals surface area contributed by atoms with Gasteiger partial charge in [0, 0.05) is 0 Å². The predicted octanol–water partition coefficient (Wildman–Crippen LogP) is 5.28. The van der Waals surface area contributed by atoms with Crippen molar-refractivity contribution in [2.24, 2.45) is 29.1 Å². The van der Waals surface area contributed by atoms with Crippen LogP contribution in [0, 0.1) is 29.1 Å². The molecule has 0 aromatic carbocycles. The molecule has 5 unspecified atom stereocenters. The molecule has 0 bridgehead atoms. The molecule has 0 aromatic heterocycles. The lowest BCUT2D eigenvalue weighted by Gasteiger charge is -2.79. The molecule has 0 nitrogen and oxygen atoms in total. The zero-order valence-corrected chi connectivity index (χ0v) is 11.8. The van der Waals surface area contributed by atoms with Crippen LogP contribution in [0.25, 0.3) is 0 Å². The highest BCUT2D eigenvalue weighted by Gasteiger charge is 2.73. The van der Waals surface area contributed by atoms with Crippen molar-refractivity contribution in [3.05, 3.63) is 0 Å². The molecule has 3 rings (SSSR count). The standard InChI is InChI=1S/C14H24.C2H6/c1-3-5-6-12-11(4-2)13-9-10-7-8-14(10,12)13;1-2/h10-13H,3-9H2,1-2H3;1-2H3. The molecule has 0 aliphatic heterocycles. The van der Waals surface area contributed by atoms with E-state index in [9.17, 15) is 0 Å². The molecular weight excluding hydrogens is 192 g/mol. The molecule has 3 aliphatic rings. The third-order valence-corrected chi connectivity index (χ3v) is 5.98. The summed E-state index contributed by atoms with van der Waals surface area (Å²) < 4.78 is 0. The summed E-state index contributed by atoms with van der Waals surface area (Å²) in [6.07, 6.45) is 10.7. The molecule has 3 saturated carbocycles. The molecule has 0 heteroatoms. The zero-order chi connectivity index (χ0) is 11.8. The van der Waals surface area contributed by atoms with Gasteiger partial charge in [-0.3, -0.25) is 0 Å². The maximum Gasteiger partial charge on any atom is -0.0207 e.